The summed E-state index contributed by atoms with van der Waals surface area (Å²) in [7, 11) is -1.55. The number of aliphatic hydroxyl groups is 1. The molecule has 14 heteroatoms. The Bertz CT molecular complexity index is 1070. The van der Waals surface area contributed by atoms with Gasteiger partial charge in [0, 0.05) is 27.1 Å². The van der Waals surface area contributed by atoms with Crippen LogP contribution < -0.4 is 15.4 Å². The molecule has 2 fully saturated rings. The summed E-state index contributed by atoms with van der Waals surface area (Å²) in [5, 5.41) is 15.6. The molecule has 4 amide bonds. The molecule has 1 saturated carbocycles. The molecule has 228 valence electrons. The Hall–Kier alpha value is -2.71. The molecule has 2 aliphatic rings. The normalized spacial score (nSPS) is 25.2. The predicted octanol–water partition coefficient (Wildman–Crippen LogP) is 0.795. The standard InChI is InChI=1S/C26H45N5O8S/c1-8-9-10-11-12-13-19(27-24(36)39-25(3,4)5)22(34)31-16-18(32)14-20(31)21(33)28-26(15-17(26)2)23(35)29-40(37,38)30(6)7/h8,17-20,32H,1,9-16H2,2-7H3,(H,27,36)(H,28,33)(H,29,35)/t17?,18-,19+,20+,26-/m1/s1. The van der Waals surface area contributed by atoms with Crippen molar-refractivity contribution in [3.63, 3.8) is 0 Å². The molecule has 4 N–H and O–H groups in total. The summed E-state index contributed by atoms with van der Waals surface area (Å²) in [6.45, 7) is 10.4. The van der Waals surface area contributed by atoms with Crippen molar-refractivity contribution < 1.29 is 37.4 Å². The fraction of sp³-hybridized carbons (Fsp3) is 0.769. The number of likely N-dealkylation sites (tertiary alicyclic amines) is 1. The average Bonchev–Trinajstić information content (AvgIpc) is 3.30. The van der Waals surface area contributed by atoms with Gasteiger partial charge in [0.2, 0.25) is 11.8 Å². The molecule has 0 spiro atoms. The first kappa shape index (κ1) is 33.5. The third-order valence-electron chi connectivity index (χ3n) is 7.02. The molecule has 0 aromatic rings. The van der Waals surface area contributed by atoms with Crippen LogP contribution in [0.25, 0.3) is 0 Å². The van der Waals surface area contributed by atoms with Crippen LogP contribution in [0.2, 0.25) is 0 Å². The lowest BCUT2D eigenvalue weighted by molar-refractivity contribution is -0.141. The maximum atomic E-state index is 13.7. The summed E-state index contributed by atoms with van der Waals surface area (Å²) in [6.07, 6.45) is 3.58. The molecule has 13 nitrogen and oxygen atoms in total. The molecule has 40 heavy (non-hydrogen) atoms. The lowest BCUT2D eigenvalue weighted by Gasteiger charge is -2.30. The second kappa shape index (κ2) is 13.3. The Kier molecular flexibility index (Phi) is 11.1. The number of hydrogen-bond acceptors (Lipinski definition) is 8. The summed E-state index contributed by atoms with van der Waals surface area (Å²) in [5.41, 5.74) is -2.24. The van der Waals surface area contributed by atoms with E-state index >= 15 is 0 Å². The lowest BCUT2D eigenvalue weighted by Crippen LogP contribution is -2.58. The molecule has 0 radical (unpaired) electrons. The van der Waals surface area contributed by atoms with Gasteiger partial charge >= 0.3 is 16.3 Å². The largest absolute Gasteiger partial charge is 0.444 e. The first-order valence-electron chi connectivity index (χ1n) is 13.6. The van der Waals surface area contributed by atoms with E-state index in [0.29, 0.717) is 12.8 Å². The zero-order valence-corrected chi connectivity index (χ0v) is 25.2. The Morgan fingerprint density at radius 3 is 2.35 bits per heavy atom. The zero-order valence-electron chi connectivity index (χ0n) is 24.4. The summed E-state index contributed by atoms with van der Waals surface area (Å²) in [4.78, 5) is 53.7. The number of rotatable bonds is 13. The van der Waals surface area contributed by atoms with Gasteiger partial charge in [0.05, 0.1) is 6.10 Å². The van der Waals surface area contributed by atoms with Gasteiger partial charge in [-0.15, -0.1) is 6.58 Å². The van der Waals surface area contributed by atoms with Gasteiger partial charge < -0.3 is 25.4 Å². The number of nitrogens with zero attached hydrogens (tertiary/aromatic N) is 2. The Morgan fingerprint density at radius 1 is 1.20 bits per heavy atom. The number of ether oxygens (including phenoxy) is 1. The van der Waals surface area contributed by atoms with Crippen molar-refractivity contribution in [2.24, 2.45) is 5.92 Å². The van der Waals surface area contributed by atoms with E-state index in [2.05, 4.69) is 17.2 Å². The number of carbonyl (C=O) groups excluding carboxylic acids is 4. The SMILES string of the molecule is C=CCCCCC[C@H](NC(=O)OC(C)(C)C)C(=O)N1C[C@H](O)C[C@H]1C(=O)N[C@]1(C(=O)NS(=O)(=O)N(C)C)CC1C. The number of unbranched alkanes of at least 4 members (excludes halogenated alkanes) is 3. The van der Waals surface area contributed by atoms with E-state index in [9.17, 15) is 32.7 Å². The first-order chi connectivity index (χ1) is 18.4. The van der Waals surface area contributed by atoms with Crippen molar-refractivity contribution >= 4 is 34.0 Å². The third-order valence-corrected chi connectivity index (χ3v) is 8.42. The fourth-order valence-electron chi connectivity index (χ4n) is 4.60. The second-order valence-electron chi connectivity index (χ2n) is 11.8. The van der Waals surface area contributed by atoms with Crippen molar-refractivity contribution in [3.8, 4) is 0 Å². The summed E-state index contributed by atoms with van der Waals surface area (Å²) in [5.74, 6) is -2.46. The average molecular weight is 588 g/mol. The van der Waals surface area contributed by atoms with Crippen LogP contribution in [0.4, 0.5) is 4.79 Å². The Labute approximate surface area is 237 Å². The second-order valence-corrected chi connectivity index (χ2v) is 13.7. The number of aliphatic hydroxyl groups excluding tert-OH is 1. The molecule has 1 unspecified atom stereocenters. The van der Waals surface area contributed by atoms with Gasteiger partial charge in [0.15, 0.2) is 0 Å². The van der Waals surface area contributed by atoms with Gasteiger partial charge in [-0.1, -0.05) is 25.8 Å². The Balaban J connectivity index is 2.20. The number of carbonyl (C=O) groups is 4. The maximum Gasteiger partial charge on any atom is 0.408 e. The minimum atomic E-state index is -4.08. The van der Waals surface area contributed by atoms with E-state index in [0.717, 1.165) is 23.6 Å². The van der Waals surface area contributed by atoms with Crippen LogP contribution in [0.5, 0.6) is 0 Å². The summed E-state index contributed by atoms with van der Waals surface area (Å²) in [6, 6.07) is -2.12. The van der Waals surface area contributed by atoms with Crippen LogP contribution >= 0.6 is 0 Å². The topological polar surface area (TPSA) is 174 Å². The number of alkyl carbamates (subject to hydrolysis) is 1. The number of allylic oxidation sites excluding steroid dienone is 1. The number of amides is 4. The first-order valence-corrected chi connectivity index (χ1v) is 15.0. The molecule has 2 rings (SSSR count). The van der Waals surface area contributed by atoms with Crippen LogP contribution in [0.15, 0.2) is 12.7 Å². The van der Waals surface area contributed by atoms with Gasteiger partial charge in [-0.05, 0) is 52.4 Å². The fourth-order valence-corrected chi connectivity index (χ4v) is 5.20. The molecule has 0 aromatic carbocycles. The van der Waals surface area contributed by atoms with Gasteiger partial charge in [-0.25, -0.2) is 9.52 Å². The highest BCUT2D eigenvalue weighted by Crippen LogP contribution is 2.43. The smallest absolute Gasteiger partial charge is 0.408 e. The van der Waals surface area contributed by atoms with Crippen molar-refractivity contribution in [3.05, 3.63) is 12.7 Å². The molecule has 0 aromatic heterocycles. The number of nitrogens with one attached hydrogen (secondary N) is 3. The summed E-state index contributed by atoms with van der Waals surface area (Å²) < 4.78 is 32.5. The molecule has 1 saturated heterocycles. The Morgan fingerprint density at radius 2 is 1.82 bits per heavy atom. The summed E-state index contributed by atoms with van der Waals surface area (Å²) >= 11 is 0. The van der Waals surface area contributed by atoms with Crippen LogP contribution in [0.1, 0.15) is 72.6 Å². The minimum Gasteiger partial charge on any atom is -0.444 e. The van der Waals surface area contributed by atoms with Crippen LogP contribution in [-0.4, -0.2) is 96.5 Å². The molecule has 5 atom stereocenters. The van der Waals surface area contributed by atoms with Crippen molar-refractivity contribution in [1.29, 1.82) is 0 Å². The third kappa shape index (κ3) is 8.90. The van der Waals surface area contributed by atoms with E-state index < -0.39 is 63.4 Å². The zero-order chi connectivity index (χ0) is 30.5. The maximum absolute atomic E-state index is 13.7. The lowest BCUT2D eigenvalue weighted by atomic mass is 10.0. The van der Waals surface area contributed by atoms with Crippen molar-refractivity contribution in [2.75, 3.05) is 20.6 Å². The van der Waals surface area contributed by atoms with E-state index in [1.807, 2.05) is 4.72 Å². The highest BCUT2D eigenvalue weighted by molar-refractivity contribution is 7.87. The van der Waals surface area contributed by atoms with Gasteiger partial charge in [0.25, 0.3) is 5.91 Å². The van der Waals surface area contributed by atoms with Crippen molar-refractivity contribution in [2.45, 2.75) is 102 Å². The highest BCUT2D eigenvalue weighted by Gasteiger charge is 2.60. The number of β-amino-alcohol motifs (C(OH)–C–C–N with tert-alkyl or cyclic N) is 1. The van der Waals surface area contributed by atoms with Crippen LogP contribution in [0, 0.1) is 5.92 Å². The molecule has 1 aliphatic carbocycles. The van der Waals surface area contributed by atoms with E-state index in [4.69, 9.17) is 4.74 Å². The van der Waals surface area contributed by atoms with Gasteiger partial charge in [-0.2, -0.15) is 12.7 Å². The number of hydrogen-bond donors (Lipinski definition) is 4. The highest BCUT2D eigenvalue weighted by atomic mass is 32.2. The monoisotopic (exact) mass is 587 g/mol. The molecule has 1 heterocycles. The quantitative estimate of drug-likeness (QED) is 0.181. The van der Waals surface area contributed by atoms with Gasteiger partial charge in [-0.3, -0.25) is 14.4 Å². The minimum absolute atomic E-state index is 0.0713. The van der Waals surface area contributed by atoms with E-state index in [-0.39, 0.29) is 25.3 Å². The van der Waals surface area contributed by atoms with E-state index in [1.165, 1.54) is 19.0 Å². The van der Waals surface area contributed by atoms with E-state index in [1.54, 1.807) is 33.8 Å². The molecular formula is C26H45N5O8S. The molecule has 0 bridgehead atoms. The predicted molar refractivity (Wildman–Crippen MR) is 148 cm³/mol. The van der Waals surface area contributed by atoms with Crippen LogP contribution in [-0.2, 0) is 29.3 Å². The molecular weight excluding hydrogens is 542 g/mol. The van der Waals surface area contributed by atoms with Gasteiger partial charge in [0.1, 0.15) is 23.2 Å². The van der Waals surface area contributed by atoms with Crippen molar-refractivity contribution in [1.82, 2.24) is 24.6 Å². The van der Waals surface area contributed by atoms with Crippen LogP contribution in [0.3, 0.4) is 0 Å². The molecule has 1 aliphatic heterocycles.